The van der Waals surface area contributed by atoms with Crippen LogP contribution in [0.4, 0.5) is 0 Å². The van der Waals surface area contributed by atoms with Crippen LogP contribution in [-0.2, 0) is 0 Å². The van der Waals surface area contributed by atoms with Crippen LogP contribution in [0.5, 0.6) is 0 Å². The Morgan fingerprint density at radius 2 is 0.923 bits per heavy atom. The summed E-state index contributed by atoms with van der Waals surface area (Å²) >= 11 is 0. The summed E-state index contributed by atoms with van der Waals surface area (Å²) in [5, 5.41) is 2.39. The molecule has 0 aliphatic heterocycles. The molecule has 5 rings (SSSR count). The minimum absolute atomic E-state index is 0. The second-order valence-corrected chi connectivity index (χ2v) is 10.6. The van der Waals surface area contributed by atoms with Gasteiger partial charge >= 0.3 is 37.7 Å². The Kier molecular flexibility index (Phi) is 11.4. The molecule has 0 aliphatic carbocycles. The van der Waals surface area contributed by atoms with E-state index in [9.17, 15) is 0 Å². The molecule has 0 fully saturated rings. The Morgan fingerprint density at radius 3 is 1.28 bits per heavy atom. The second-order valence-electron chi connectivity index (χ2n) is 10.6. The van der Waals surface area contributed by atoms with Gasteiger partial charge < -0.3 is 4.42 Å². The summed E-state index contributed by atoms with van der Waals surface area (Å²) in [6, 6.07) is 35.2. The average molecular weight is 501 g/mol. The van der Waals surface area contributed by atoms with Crippen molar-refractivity contribution >= 4 is 21.9 Å². The molecule has 190 valence electrons. The topological polar surface area (TPSA) is 13.1 Å². The quantitative estimate of drug-likeness (QED) is 0.205. The standard InChI is InChI=1S/C36H38O.2Li/c1-5-25(3)21-31(27-13-9-7-10-14-27)29-17-19-35-33(23-29)34-24-30(18-20-36(34)37-35)32(22-26(4)6-2)28-15-11-8-12-16-28;;/h7-20,23-26H,5-6,21-22H2,1-4H3;;/q-2;2*+1. The molecule has 0 amide bonds. The maximum absolute atomic E-state index is 6.32. The summed E-state index contributed by atoms with van der Waals surface area (Å²) in [6.45, 7) is 9.25. The molecule has 0 spiro atoms. The van der Waals surface area contributed by atoms with E-state index in [1.807, 2.05) is 0 Å². The molecular formula is C36H38Li2O. The van der Waals surface area contributed by atoms with Crippen LogP contribution in [0.2, 0.25) is 0 Å². The molecule has 0 saturated carbocycles. The van der Waals surface area contributed by atoms with Gasteiger partial charge in [-0.05, 0) is 22.6 Å². The normalized spacial score (nSPS) is 12.4. The predicted molar refractivity (Wildman–Crippen MR) is 158 cm³/mol. The van der Waals surface area contributed by atoms with E-state index in [0.29, 0.717) is 11.8 Å². The molecule has 0 saturated heterocycles. The van der Waals surface area contributed by atoms with Crippen molar-refractivity contribution in [1.82, 2.24) is 0 Å². The maximum atomic E-state index is 6.32. The van der Waals surface area contributed by atoms with Gasteiger partial charge in [0.1, 0.15) is 11.2 Å². The third kappa shape index (κ3) is 7.04. The third-order valence-corrected chi connectivity index (χ3v) is 7.91. The van der Waals surface area contributed by atoms with Gasteiger partial charge in [-0.15, -0.1) is 82.6 Å². The first-order chi connectivity index (χ1) is 18.1. The smallest absolute Gasteiger partial charge is 0.459 e. The zero-order valence-electron chi connectivity index (χ0n) is 24.6. The van der Waals surface area contributed by atoms with E-state index in [-0.39, 0.29) is 37.7 Å². The van der Waals surface area contributed by atoms with E-state index in [4.69, 9.17) is 4.42 Å². The van der Waals surface area contributed by atoms with Crippen molar-refractivity contribution in [3.05, 3.63) is 131 Å². The molecule has 1 heterocycles. The van der Waals surface area contributed by atoms with E-state index in [1.54, 1.807) is 0 Å². The van der Waals surface area contributed by atoms with Gasteiger partial charge in [-0.2, -0.15) is 0 Å². The average Bonchev–Trinajstić information content (AvgIpc) is 3.32. The van der Waals surface area contributed by atoms with Gasteiger partial charge in [0.15, 0.2) is 0 Å². The molecule has 2 atom stereocenters. The van der Waals surface area contributed by atoms with Crippen LogP contribution < -0.4 is 37.7 Å². The summed E-state index contributed by atoms with van der Waals surface area (Å²) < 4.78 is 6.32. The molecule has 0 radical (unpaired) electrons. The first-order valence-corrected chi connectivity index (χ1v) is 13.9. The van der Waals surface area contributed by atoms with Crippen LogP contribution in [0.3, 0.4) is 0 Å². The second kappa shape index (κ2) is 14.3. The number of rotatable bonds is 10. The van der Waals surface area contributed by atoms with E-state index in [0.717, 1.165) is 24.0 Å². The molecule has 0 bridgehead atoms. The summed E-state index contributed by atoms with van der Waals surface area (Å²) in [7, 11) is 0. The molecule has 4 aromatic carbocycles. The molecule has 1 nitrogen and oxygen atoms in total. The van der Waals surface area contributed by atoms with Gasteiger partial charge in [-0.3, -0.25) is 0 Å². The Morgan fingerprint density at radius 1 is 0.538 bits per heavy atom. The fourth-order valence-electron chi connectivity index (χ4n) is 5.22. The van der Waals surface area contributed by atoms with Gasteiger partial charge in [0.25, 0.3) is 0 Å². The number of furan rings is 1. The first kappa shape index (κ1) is 31.1. The third-order valence-electron chi connectivity index (χ3n) is 7.91. The number of fused-ring (bicyclic) bond motifs is 3. The number of hydrogen-bond acceptors (Lipinski definition) is 1. The Labute approximate surface area is 259 Å². The minimum atomic E-state index is 0. The summed E-state index contributed by atoms with van der Waals surface area (Å²) in [5.74, 6) is 4.08. The summed E-state index contributed by atoms with van der Waals surface area (Å²) in [4.78, 5) is 0. The van der Waals surface area contributed by atoms with Gasteiger partial charge in [-0.1, -0.05) is 102 Å². The van der Waals surface area contributed by atoms with E-state index < -0.39 is 0 Å². The van der Waals surface area contributed by atoms with Crippen molar-refractivity contribution in [2.75, 3.05) is 0 Å². The Hall–Kier alpha value is -2.39. The van der Waals surface area contributed by atoms with Crippen LogP contribution in [0.25, 0.3) is 21.9 Å². The van der Waals surface area contributed by atoms with E-state index >= 15 is 0 Å². The van der Waals surface area contributed by atoms with Crippen molar-refractivity contribution in [2.24, 2.45) is 11.8 Å². The van der Waals surface area contributed by atoms with Crippen LogP contribution >= 0.6 is 0 Å². The van der Waals surface area contributed by atoms with Crippen LogP contribution in [0.1, 0.15) is 75.6 Å². The molecule has 5 aromatic rings. The van der Waals surface area contributed by atoms with Crippen molar-refractivity contribution in [3.63, 3.8) is 0 Å². The molecule has 39 heavy (non-hydrogen) atoms. The molecule has 2 unspecified atom stereocenters. The first-order valence-electron chi connectivity index (χ1n) is 13.9. The van der Waals surface area contributed by atoms with Crippen molar-refractivity contribution < 1.29 is 42.1 Å². The van der Waals surface area contributed by atoms with Gasteiger partial charge in [0.2, 0.25) is 0 Å². The predicted octanol–water partition coefficient (Wildman–Crippen LogP) is 4.41. The van der Waals surface area contributed by atoms with E-state index in [2.05, 4.69) is 125 Å². The van der Waals surface area contributed by atoms with Gasteiger partial charge in [0, 0.05) is 0 Å². The molecule has 1 aromatic heterocycles. The largest absolute Gasteiger partial charge is 1.00 e. The number of hydrogen-bond donors (Lipinski definition) is 0. The SMILES string of the molecule is CCC(C)C[C-](c1ccccc1)c1ccc2oc3ccc([C-](CC(C)CC)c4ccccc4)cc3c2c1.[Li+].[Li+]. The van der Waals surface area contributed by atoms with Gasteiger partial charge in [0.05, 0.1) is 0 Å². The van der Waals surface area contributed by atoms with Crippen LogP contribution in [0, 0.1) is 23.7 Å². The fourth-order valence-corrected chi connectivity index (χ4v) is 5.22. The van der Waals surface area contributed by atoms with Crippen LogP contribution in [-0.4, -0.2) is 0 Å². The van der Waals surface area contributed by atoms with Crippen molar-refractivity contribution in [1.29, 1.82) is 0 Å². The number of benzene rings is 4. The maximum Gasteiger partial charge on any atom is 1.00 e. The Bertz CT molecular complexity index is 1330. The van der Waals surface area contributed by atoms with Crippen LogP contribution in [0.15, 0.2) is 101 Å². The van der Waals surface area contributed by atoms with Crippen molar-refractivity contribution in [2.45, 2.75) is 53.4 Å². The molecule has 0 aliphatic rings. The summed E-state index contributed by atoms with van der Waals surface area (Å²) in [6.07, 6.45) is 4.47. The Balaban J connectivity index is 0.00000210. The molecule has 0 N–H and O–H groups in total. The minimum Gasteiger partial charge on any atom is -0.459 e. The van der Waals surface area contributed by atoms with E-state index in [1.165, 1.54) is 57.7 Å². The molecule has 3 heteroatoms. The monoisotopic (exact) mass is 500 g/mol. The fraction of sp³-hybridized carbons (Fsp3) is 0.278. The zero-order valence-corrected chi connectivity index (χ0v) is 24.6. The van der Waals surface area contributed by atoms with Crippen molar-refractivity contribution in [3.8, 4) is 0 Å². The molecular weight excluding hydrogens is 462 g/mol. The zero-order chi connectivity index (χ0) is 25.8. The summed E-state index contributed by atoms with van der Waals surface area (Å²) in [5.41, 5.74) is 7.11. The van der Waals surface area contributed by atoms with Gasteiger partial charge in [-0.25, -0.2) is 0 Å².